The van der Waals surface area contributed by atoms with Gasteiger partial charge in [-0.1, -0.05) is 34.6 Å². The molecule has 0 bridgehead atoms. The second-order valence-corrected chi connectivity index (χ2v) is 10.1. The molecule has 4 atom stereocenters. The third-order valence-corrected chi connectivity index (χ3v) is 8.46. The second kappa shape index (κ2) is 4.99. The molecule has 27 heavy (non-hydrogen) atoms. The predicted molar refractivity (Wildman–Crippen MR) is 98.9 cm³/mol. The van der Waals surface area contributed by atoms with E-state index in [9.17, 15) is 24.6 Å². The molecule has 5 heteroatoms. The molecule has 0 amide bonds. The van der Waals surface area contributed by atoms with E-state index in [1.54, 1.807) is 6.92 Å². The van der Waals surface area contributed by atoms with Crippen LogP contribution in [0.25, 0.3) is 0 Å². The SMILES string of the molecule is CC1(C)C2=C(O)C(=O)C3=C(C(=O)C[C@]4(C)C(=O)CC[C@@]34C)[C@@]2(C)CC[C@@H]1O. The topological polar surface area (TPSA) is 91.7 Å². The molecule has 0 aromatic carbocycles. The van der Waals surface area contributed by atoms with Crippen LogP contribution in [0.2, 0.25) is 0 Å². The van der Waals surface area contributed by atoms with Crippen LogP contribution < -0.4 is 0 Å². The van der Waals surface area contributed by atoms with Crippen LogP contribution in [0.3, 0.4) is 0 Å². The van der Waals surface area contributed by atoms with Crippen molar-refractivity contribution in [3.8, 4) is 0 Å². The van der Waals surface area contributed by atoms with Gasteiger partial charge < -0.3 is 10.2 Å². The van der Waals surface area contributed by atoms with E-state index in [-0.39, 0.29) is 23.7 Å². The molecule has 0 heterocycles. The lowest BCUT2D eigenvalue weighted by molar-refractivity contribution is -0.136. The summed E-state index contributed by atoms with van der Waals surface area (Å²) in [7, 11) is 0. The number of hydrogen-bond acceptors (Lipinski definition) is 5. The summed E-state index contributed by atoms with van der Waals surface area (Å²) in [5.74, 6) is -1.00. The van der Waals surface area contributed by atoms with E-state index in [2.05, 4.69) is 0 Å². The number of ketones is 3. The number of Topliss-reactive ketones (excluding diaryl/α,β-unsaturated/α-hetero) is 3. The second-order valence-electron chi connectivity index (χ2n) is 10.1. The Kier molecular flexibility index (Phi) is 3.44. The Hall–Kier alpha value is -1.75. The molecule has 2 saturated carbocycles. The molecule has 4 aliphatic rings. The predicted octanol–water partition coefficient (Wildman–Crippen LogP) is 3.21. The molecule has 2 N–H and O–H groups in total. The molecule has 0 aliphatic heterocycles. The summed E-state index contributed by atoms with van der Waals surface area (Å²) in [6, 6.07) is 0. The molecular formula is C22H28O5. The first-order chi connectivity index (χ1) is 12.3. The molecular weight excluding hydrogens is 344 g/mol. The third-order valence-electron chi connectivity index (χ3n) is 8.46. The highest BCUT2D eigenvalue weighted by atomic mass is 16.3. The van der Waals surface area contributed by atoms with Crippen molar-refractivity contribution in [3.63, 3.8) is 0 Å². The van der Waals surface area contributed by atoms with Gasteiger partial charge in [-0.15, -0.1) is 0 Å². The van der Waals surface area contributed by atoms with Crippen molar-refractivity contribution in [2.75, 3.05) is 0 Å². The average molecular weight is 372 g/mol. The molecule has 0 saturated heterocycles. The Bertz CT molecular complexity index is 875. The minimum Gasteiger partial charge on any atom is -0.504 e. The van der Waals surface area contributed by atoms with Crippen molar-refractivity contribution in [1.29, 1.82) is 0 Å². The fourth-order valence-corrected chi connectivity index (χ4v) is 6.53. The van der Waals surface area contributed by atoms with Gasteiger partial charge in [-0.05, 0) is 24.8 Å². The smallest absolute Gasteiger partial charge is 0.224 e. The van der Waals surface area contributed by atoms with Gasteiger partial charge in [0.1, 0.15) is 5.78 Å². The molecule has 4 aliphatic carbocycles. The van der Waals surface area contributed by atoms with Gasteiger partial charge in [-0.25, -0.2) is 0 Å². The number of aliphatic hydroxyl groups is 2. The number of hydrogen-bond donors (Lipinski definition) is 2. The first-order valence-electron chi connectivity index (χ1n) is 9.81. The molecule has 146 valence electrons. The zero-order chi connectivity index (χ0) is 20.2. The number of carbonyl (C=O) groups excluding carboxylic acids is 3. The van der Waals surface area contributed by atoms with Crippen LogP contribution in [-0.2, 0) is 14.4 Å². The number of fused-ring (bicyclic) bond motifs is 4. The third kappa shape index (κ3) is 1.86. The number of rotatable bonds is 0. The molecule has 4 rings (SSSR count). The lowest BCUT2D eigenvalue weighted by Crippen LogP contribution is -2.55. The van der Waals surface area contributed by atoms with E-state index in [0.717, 1.165) is 0 Å². The van der Waals surface area contributed by atoms with Crippen LogP contribution in [-0.4, -0.2) is 33.7 Å². The highest BCUT2D eigenvalue weighted by Gasteiger charge is 2.66. The van der Waals surface area contributed by atoms with E-state index in [4.69, 9.17) is 0 Å². The summed E-state index contributed by atoms with van der Waals surface area (Å²) in [5, 5.41) is 21.5. The van der Waals surface area contributed by atoms with Crippen LogP contribution in [0, 0.1) is 21.7 Å². The lowest BCUT2D eigenvalue weighted by Gasteiger charge is -2.56. The summed E-state index contributed by atoms with van der Waals surface area (Å²) in [4.78, 5) is 39.4. The fraction of sp³-hybridized carbons (Fsp3) is 0.682. The molecule has 0 spiro atoms. The largest absolute Gasteiger partial charge is 0.504 e. The minimum absolute atomic E-state index is 0.0246. The van der Waals surface area contributed by atoms with Gasteiger partial charge in [0, 0.05) is 45.6 Å². The Balaban J connectivity index is 2.04. The van der Waals surface area contributed by atoms with E-state index >= 15 is 0 Å². The van der Waals surface area contributed by atoms with Crippen molar-refractivity contribution < 1.29 is 24.6 Å². The summed E-state index contributed by atoms with van der Waals surface area (Å²) >= 11 is 0. The van der Waals surface area contributed by atoms with Crippen molar-refractivity contribution in [2.45, 2.75) is 72.8 Å². The maximum atomic E-state index is 13.4. The molecule has 0 aromatic heterocycles. The first-order valence-corrected chi connectivity index (χ1v) is 9.81. The van der Waals surface area contributed by atoms with E-state index in [1.165, 1.54) is 0 Å². The van der Waals surface area contributed by atoms with Crippen LogP contribution in [0.4, 0.5) is 0 Å². The van der Waals surface area contributed by atoms with Crippen molar-refractivity contribution in [1.82, 2.24) is 0 Å². The van der Waals surface area contributed by atoms with Gasteiger partial charge in [-0.3, -0.25) is 14.4 Å². The van der Waals surface area contributed by atoms with Gasteiger partial charge in [0.05, 0.1) is 6.10 Å². The Morgan fingerprint density at radius 2 is 1.56 bits per heavy atom. The van der Waals surface area contributed by atoms with Crippen LogP contribution in [0.5, 0.6) is 0 Å². The fourth-order valence-electron chi connectivity index (χ4n) is 6.53. The van der Waals surface area contributed by atoms with Crippen LogP contribution in [0.15, 0.2) is 22.5 Å². The van der Waals surface area contributed by atoms with Gasteiger partial charge in [0.15, 0.2) is 11.5 Å². The van der Waals surface area contributed by atoms with Crippen LogP contribution >= 0.6 is 0 Å². The van der Waals surface area contributed by atoms with Crippen LogP contribution in [0.1, 0.15) is 66.7 Å². The quantitative estimate of drug-likeness (QED) is 0.681. The van der Waals surface area contributed by atoms with E-state index < -0.39 is 33.5 Å². The Morgan fingerprint density at radius 3 is 2.19 bits per heavy atom. The monoisotopic (exact) mass is 372 g/mol. The summed E-state index contributed by atoms with van der Waals surface area (Å²) in [6.45, 7) is 9.25. The summed E-state index contributed by atoms with van der Waals surface area (Å²) in [5.41, 5.74) is -1.92. The maximum absolute atomic E-state index is 13.4. The normalized spacial score (nSPS) is 43.6. The highest BCUT2D eigenvalue weighted by molar-refractivity contribution is 6.19. The number of carbonyl (C=O) groups is 3. The molecule has 2 fully saturated rings. The van der Waals surface area contributed by atoms with Crippen molar-refractivity contribution in [2.24, 2.45) is 21.7 Å². The molecule has 5 nitrogen and oxygen atoms in total. The zero-order valence-corrected chi connectivity index (χ0v) is 16.7. The number of aliphatic hydroxyl groups excluding tert-OH is 2. The lowest BCUT2D eigenvalue weighted by atomic mass is 9.46. The summed E-state index contributed by atoms with van der Waals surface area (Å²) in [6.07, 6.45) is 1.28. The minimum atomic E-state index is -0.892. The average Bonchev–Trinajstić information content (AvgIpc) is 2.79. The standard InChI is InChI=1S/C22H28O5/c1-19(2)12(24)6-8-20(3)14-11(23)10-22(5)13(25)7-9-21(22,4)15(14)16(26)17(27)18(19)20/h12,24,27H,6-10H2,1-5H3/t12-,20+,21-,22+/m0/s1. The first kappa shape index (κ1) is 18.6. The Labute approximate surface area is 159 Å². The van der Waals surface area contributed by atoms with Gasteiger partial charge in [0.25, 0.3) is 0 Å². The van der Waals surface area contributed by atoms with E-state index in [0.29, 0.717) is 42.4 Å². The van der Waals surface area contributed by atoms with Crippen molar-refractivity contribution >= 4 is 17.3 Å². The van der Waals surface area contributed by atoms with Crippen molar-refractivity contribution in [3.05, 3.63) is 22.5 Å². The van der Waals surface area contributed by atoms with Gasteiger partial charge >= 0.3 is 0 Å². The maximum Gasteiger partial charge on any atom is 0.224 e. The molecule has 0 unspecified atom stereocenters. The highest BCUT2D eigenvalue weighted by Crippen LogP contribution is 2.67. The molecule has 0 radical (unpaired) electrons. The zero-order valence-electron chi connectivity index (χ0n) is 16.7. The van der Waals surface area contributed by atoms with Gasteiger partial charge in [0.2, 0.25) is 5.78 Å². The Morgan fingerprint density at radius 1 is 0.926 bits per heavy atom. The van der Waals surface area contributed by atoms with E-state index in [1.807, 2.05) is 27.7 Å². The van der Waals surface area contributed by atoms with Gasteiger partial charge in [-0.2, -0.15) is 0 Å². The molecule has 0 aromatic rings. The number of allylic oxidation sites excluding steroid dienone is 2. The summed E-state index contributed by atoms with van der Waals surface area (Å²) < 4.78 is 0.